The molecule has 17 nitrogen and oxygen atoms in total. The number of aliphatic hydroxyl groups is 2. The topological polar surface area (TPSA) is 237 Å². The number of esters is 4. The van der Waals surface area contributed by atoms with Crippen molar-refractivity contribution in [2.24, 2.45) is 16.7 Å². The first-order valence-electron chi connectivity index (χ1n) is 23.6. The molecular weight excluding hydrogens is 931 g/mol. The van der Waals surface area contributed by atoms with Crippen molar-refractivity contribution in [1.82, 2.24) is 5.32 Å². The molecule has 3 N–H and O–H groups in total. The molecule has 4 aromatic rings. The van der Waals surface area contributed by atoms with E-state index in [1.165, 1.54) is 26.0 Å². The normalized spacial score (nSPS) is 28.9. The lowest BCUT2D eigenvalue weighted by atomic mass is 9.44. The second kappa shape index (κ2) is 20.1. The van der Waals surface area contributed by atoms with E-state index in [9.17, 15) is 34.2 Å². The smallest absolute Gasteiger partial charge is 0.455 e. The second-order valence-corrected chi connectivity index (χ2v) is 19.5. The third-order valence-corrected chi connectivity index (χ3v) is 14.9. The van der Waals surface area contributed by atoms with Crippen molar-refractivity contribution < 1.29 is 76.9 Å². The first-order valence-corrected chi connectivity index (χ1v) is 23.6. The zero-order valence-corrected chi connectivity index (χ0v) is 40.6. The molecule has 3 fully saturated rings. The van der Waals surface area contributed by atoms with Crippen LogP contribution in [0, 0.1) is 16.7 Å². The zero-order chi connectivity index (χ0) is 51.8. The number of fused-ring (bicyclic) bond motifs is 5. The minimum atomic E-state index is -2.47. The zero-order valence-electron chi connectivity index (χ0n) is 40.6. The first kappa shape index (κ1) is 51.2. The number of Topliss-reactive ketones (excluding diaryl/α,β-unsaturated/α-hetero) is 1. The van der Waals surface area contributed by atoms with Gasteiger partial charge < -0.3 is 48.7 Å². The summed E-state index contributed by atoms with van der Waals surface area (Å²) >= 11 is 0. The Morgan fingerprint density at radius 1 is 0.778 bits per heavy atom. The Hall–Kier alpha value is -7.21. The lowest BCUT2D eigenvalue weighted by molar-refractivity contribution is -0.346. The average Bonchev–Trinajstić information content (AvgIpc) is 3.36. The minimum absolute atomic E-state index is 0.0421. The summed E-state index contributed by atoms with van der Waals surface area (Å²) in [5.41, 5.74) is -6.92. The second-order valence-electron chi connectivity index (χ2n) is 19.5. The Balaban J connectivity index is 1.29. The van der Waals surface area contributed by atoms with E-state index in [2.05, 4.69) is 5.32 Å². The number of amides is 1. The van der Waals surface area contributed by atoms with Crippen LogP contribution in [0.2, 0.25) is 0 Å². The van der Waals surface area contributed by atoms with Gasteiger partial charge in [-0.25, -0.2) is 14.4 Å². The molecule has 0 aromatic heterocycles. The molecule has 17 heteroatoms. The molecule has 4 aromatic carbocycles. The number of carbonyl (C=O) groups is 7. The molecule has 0 radical (unpaired) electrons. The number of ketones is 1. The van der Waals surface area contributed by atoms with Gasteiger partial charge in [-0.15, -0.1) is 0 Å². The van der Waals surface area contributed by atoms with Gasteiger partial charge in [-0.1, -0.05) is 111 Å². The number of hydrogen-bond donors (Lipinski definition) is 3. The largest absolute Gasteiger partial charge is 0.509 e. The maximum Gasteiger partial charge on any atom is 0.509 e. The van der Waals surface area contributed by atoms with Crippen molar-refractivity contribution in [3.05, 3.63) is 155 Å². The molecule has 3 aliphatic carbocycles. The van der Waals surface area contributed by atoms with Crippen LogP contribution in [0.4, 0.5) is 4.79 Å². The van der Waals surface area contributed by atoms with Crippen LogP contribution < -0.4 is 5.32 Å². The molecule has 0 spiro atoms. The standard InChI is InChI=1S/C55H57NO16/c1-31-38(69-50(63)44(70-51(64)66-29-34-19-11-7-12-20-34)42(35-21-13-8-14-22-35)56-48(61)36-23-15-9-16-24-36)28-55(65)47(71-49(62)37-25-17-10-18-26-37)45-53(6,39(59)27-40-54(45,30-67-40)72-33(3)58)46(60)43(68-32(2)57)41(31)52(55,4)5/h7-26,38-40,42-45,47,59,65H,27-30H2,1-6H3,(H,56,61)/t38-,39-,40?,42-,43+,44+,45?,47-,53+,54-,55+/m0/s1. The fourth-order valence-electron chi connectivity index (χ4n) is 11.1. The summed E-state index contributed by atoms with van der Waals surface area (Å²) in [6.07, 6.45) is -12.2. The number of nitrogens with one attached hydrogen (secondary N) is 1. The highest BCUT2D eigenvalue weighted by atomic mass is 16.7. The van der Waals surface area contributed by atoms with E-state index in [1.54, 1.807) is 123 Å². The van der Waals surface area contributed by atoms with Gasteiger partial charge in [0.15, 0.2) is 17.5 Å². The van der Waals surface area contributed by atoms with Crippen molar-refractivity contribution in [2.45, 2.75) is 115 Å². The maximum atomic E-state index is 15.7. The fourth-order valence-corrected chi connectivity index (χ4v) is 11.1. The van der Waals surface area contributed by atoms with Crippen LogP contribution in [0.5, 0.6) is 0 Å². The van der Waals surface area contributed by atoms with Gasteiger partial charge >= 0.3 is 30.0 Å². The van der Waals surface area contributed by atoms with Gasteiger partial charge in [0, 0.05) is 37.7 Å². The lowest BCUT2D eigenvalue weighted by Crippen LogP contribution is -2.82. The Bertz CT molecular complexity index is 2750. The van der Waals surface area contributed by atoms with Gasteiger partial charge in [-0.2, -0.15) is 0 Å². The van der Waals surface area contributed by atoms with E-state index in [-0.39, 0.29) is 41.9 Å². The molecule has 1 amide bonds. The van der Waals surface area contributed by atoms with Crippen LogP contribution in [0.1, 0.15) is 92.3 Å². The Labute approximate surface area is 415 Å². The van der Waals surface area contributed by atoms with E-state index in [0.717, 1.165) is 13.8 Å². The van der Waals surface area contributed by atoms with Crippen molar-refractivity contribution in [3.8, 4) is 0 Å². The van der Waals surface area contributed by atoms with E-state index >= 15 is 9.59 Å². The van der Waals surface area contributed by atoms with E-state index in [0.29, 0.717) is 11.1 Å². The van der Waals surface area contributed by atoms with Crippen LogP contribution >= 0.6 is 0 Å². The van der Waals surface area contributed by atoms with Crippen LogP contribution in [-0.2, 0) is 58.9 Å². The molecule has 1 saturated heterocycles. The quantitative estimate of drug-likeness (QED) is 0.0780. The SMILES string of the molecule is CC(=O)O[C@H]1C(=O)[C@@]2(C)C([C@H](OC(=O)c3ccccc3)[C@]3(O)C[C@H](OC(=O)[C@H](OC(=O)OCc4ccccc4)[C@@H](NC(=O)c4ccccc4)c4ccccc4)C(C)=C1C3(C)C)[C@]1(OC(C)=O)COC1C[C@@H]2O. The molecular formula is C55H57NO16. The van der Waals surface area contributed by atoms with Crippen LogP contribution in [0.15, 0.2) is 132 Å². The monoisotopic (exact) mass is 987 g/mol. The van der Waals surface area contributed by atoms with Crippen molar-refractivity contribution >= 4 is 41.7 Å². The number of hydrogen-bond acceptors (Lipinski definition) is 16. The van der Waals surface area contributed by atoms with Gasteiger partial charge in [0.2, 0.25) is 6.10 Å². The van der Waals surface area contributed by atoms with Crippen molar-refractivity contribution in [1.29, 1.82) is 0 Å². The van der Waals surface area contributed by atoms with Crippen LogP contribution in [-0.4, -0.2) is 106 Å². The average molecular weight is 988 g/mol. The first-order chi connectivity index (χ1) is 34.2. The summed E-state index contributed by atoms with van der Waals surface area (Å²) < 4.78 is 42.1. The third-order valence-electron chi connectivity index (χ3n) is 14.9. The van der Waals surface area contributed by atoms with Crippen molar-refractivity contribution in [2.75, 3.05) is 6.61 Å². The Morgan fingerprint density at radius 2 is 1.36 bits per heavy atom. The molecule has 2 bridgehead atoms. The highest BCUT2D eigenvalue weighted by Crippen LogP contribution is 2.64. The van der Waals surface area contributed by atoms with Crippen LogP contribution in [0.25, 0.3) is 0 Å². The molecule has 8 rings (SSSR count). The lowest BCUT2D eigenvalue weighted by Gasteiger charge is -2.67. The third kappa shape index (κ3) is 9.27. The minimum Gasteiger partial charge on any atom is -0.455 e. The molecule has 11 atom stereocenters. The Kier molecular flexibility index (Phi) is 14.3. The summed E-state index contributed by atoms with van der Waals surface area (Å²) in [4.78, 5) is 99.5. The van der Waals surface area contributed by atoms with Crippen molar-refractivity contribution in [3.63, 3.8) is 0 Å². The van der Waals surface area contributed by atoms with E-state index in [4.69, 9.17) is 33.2 Å². The molecule has 1 aliphatic heterocycles. The highest BCUT2D eigenvalue weighted by molar-refractivity contribution is 5.96. The maximum absolute atomic E-state index is 15.7. The number of carbonyl (C=O) groups excluding carboxylic acids is 7. The van der Waals surface area contributed by atoms with E-state index in [1.807, 2.05) is 0 Å². The number of rotatable bonds is 13. The number of aliphatic hydroxyl groups excluding tert-OH is 1. The Morgan fingerprint density at radius 3 is 1.93 bits per heavy atom. The summed E-state index contributed by atoms with van der Waals surface area (Å²) in [5.74, 6) is -7.10. The molecule has 2 saturated carbocycles. The van der Waals surface area contributed by atoms with Gasteiger partial charge in [-0.3, -0.25) is 19.2 Å². The molecule has 4 aliphatic rings. The predicted molar refractivity (Wildman–Crippen MR) is 253 cm³/mol. The molecule has 2 unspecified atom stereocenters. The molecule has 72 heavy (non-hydrogen) atoms. The summed E-state index contributed by atoms with van der Waals surface area (Å²) in [5, 5.41) is 29.0. The van der Waals surface area contributed by atoms with Gasteiger partial charge in [0.05, 0.1) is 29.6 Å². The highest BCUT2D eigenvalue weighted by Gasteiger charge is 2.78. The van der Waals surface area contributed by atoms with Crippen LogP contribution in [0.3, 0.4) is 0 Å². The van der Waals surface area contributed by atoms with Gasteiger partial charge in [-0.05, 0) is 60.4 Å². The molecule has 378 valence electrons. The fraction of sp³-hybridized carbons (Fsp3) is 0.400. The summed E-state index contributed by atoms with van der Waals surface area (Å²) in [6.45, 7) is 7.61. The molecule has 1 heterocycles. The van der Waals surface area contributed by atoms with Gasteiger partial charge in [0.1, 0.15) is 36.6 Å². The summed E-state index contributed by atoms with van der Waals surface area (Å²) in [7, 11) is 0. The predicted octanol–water partition coefficient (Wildman–Crippen LogP) is 6.10. The van der Waals surface area contributed by atoms with Gasteiger partial charge in [0.25, 0.3) is 5.91 Å². The summed E-state index contributed by atoms with van der Waals surface area (Å²) in [6, 6.07) is 31.3. The number of benzene rings is 4. The van der Waals surface area contributed by atoms with E-state index < -0.39 is 119 Å². The number of ether oxygens (including phenoxy) is 7.